The molecule has 1 aromatic rings. The molecule has 0 aromatic carbocycles. The predicted octanol–water partition coefficient (Wildman–Crippen LogP) is 1.32. The summed E-state index contributed by atoms with van der Waals surface area (Å²) in [5.74, 6) is 0. The summed E-state index contributed by atoms with van der Waals surface area (Å²) >= 11 is 0. The zero-order valence-electron chi connectivity index (χ0n) is 13.5. The van der Waals surface area contributed by atoms with Crippen molar-refractivity contribution in [1.29, 1.82) is 5.26 Å². The lowest BCUT2D eigenvalue weighted by atomic mass is 9.92. The smallest absolute Gasteiger partial charge is 0.120 e. The van der Waals surface area contributed by atoms with Crippen molar-refractivity contribution in [1.82, 2.24) is 14.4 Å². The molecule has 2 aliphatic rings. The Morgan fingerprint density at radius 3 is 2.64 bits per heavy atom. The van der Waals surface area contributed by atoms with Crippen LogP contribution < -0.4 is 0 Å². The van der Waals surface area contributed by atoms with Gasteiger partial charge in [-0.1, -0.05) is 0 Å². The summed E-state index contributed by atoms with van der Waals surface area (Å²) in [5.41, 5.74) is 1.28. The van der Waals surface area contributed by atoms with Crippen LogP contribution in [-0.4, -0.2) is 57.8 Å². The molecule has 0 spiro atoms. The number of hydrogen-bond acceptors (Lipinski definition) is 4. The summed E-state index contributed by atoms with van der Waals surface area (Å²) in [5, 5.41) is 20.0. The molecule has 1 unspecified atom stereocenters. The molecule has 1 atom stereocenters. The van der Waals surface area contributed by atoms with Crippen LogP contribution in [0.4, 0.5) is 0 Å². The van der Waals surface area contributed by atoms with Gasteiger partial charge in [-0.25, -0.2) is 0 Å². The number of aryl methyl sites for hydroxylation is 1. The molecule has 1 N–H and O–H groups in total. The molecule has 2 saturated heterocycles. The van der Waals surface area contributed by atoms with Gasteiger partial charge in [0.25, 0.3) is 0 Å². The van der Waals surface area contributed by atoms with Crippen molar-refractivity contribution < 1.29 is 5.11 Å². The van der Waals surface area contributed by atoms with Gasteiger partial charge in [0, 0.05) is 32.9 Å². The molecule has 0 aliphatic carbocycles. The van der Waals surface area contributed by atoms with Crippen LogP contribution in [0.5, 0.6) is 0 Å². The molecule has 2 fully saturated rings. The van der Waals surface area contributed by atoms with Crippen molar-refractivity contribution in [2.24, 2.45) is 7.05 Å². The Kier molecular flexibility index (Phi) is 4.53. The molecule has 2 aliphatic heterocycles. The largest absolute Gasteiger partial charge is 0.387 e. The Balaban J connectivity index is 1.60. The van der Waals surface area contributed by atoms with E-state index in [1.807, 2.05) is 23.9 Å². The highest BCUT2D eigenvalue weighted by Crippen LogP contribution is 2.25. The fourth-order valence-corrected chi connectivity index (χ4v) is 3.92. The molecule has 3 heterocycles. The molecule has 0 saturated carbocycles. The van der Waals surface area contributed by atoms with Gasteiger partial charge in [-0.05, 0) is 56.9 Å². The number of nitrogens with zero attached hydrogens (tertiary/aromatic N) is 4. The van der Waals surface area contributed by atoms with Crippen LogP contribution in [0.1, 0.15) is 36.9 Å². The summed E-state index contributed by atoms with van der Waals surface area (Å²) in [6.07, 6.45) is 6.49. The van der Waals surface area contributed by atoms with Crippen LogP contribution in [0.15, 0.2) is 12.3 Å². The van der Waals surface area contributed by atoms with E-state index in [0.717, 1.165) is 57.7 Å². The first-order valence-electron chi connectivity index (χ1n) is 8.30. The fourth-order valence-electron chi connectivity index (χ4n) is 3.92. The Hall–Kier alpha value is -1.35. The van der Waals surface area contributed by atoms with Gasteiger partial charge in [0.05, 0.1) is 5.60 Å². The fraction of sp³-hybridized carbons (Fsp3) is 0.706. The summed E-state index contributed by atoms with van der Waals surface area (Å²) in [6, 6.07) is 4.16. The molecule has 120 valence electrons. The summed E-state index contributed by atoms with van der Waals surface area (Å²) < 4.78 is 1.87. The van der Waals surface area contributed by atoms with Gasteiger partial charge in [0.2, 0.25) is 0 Å². The van der Waals surface area contributed by atoms with Gasteiger partial charge in [-0.3, -0.25) is 4.90 Å². The molecule has 0 bridgehead atoms. The minimum absolute atomic E-state index is 0.574. The van der Waals surface area contributed by atoms with E-state index in [2.05, 4.69) is 15.9 Å². The van der Waals surface area contributed by atoms with E-state index in [-0.39, 0.29) is 0 Å². The normalized spacial score (nSPS) is 27.1. The van der Waals surface area contributed by atoms with Crippen molar-refractivity contribution >= 4 is 0 Å². The number of hydrogen-bond donors (Lipinski definition) is 1. The zero-order chi connectivity index (χ0) is 15.6. The van der Waals surface area contributed by atoms with Gasteiger partial charge < -0.3 is 14.6 Å². The first-order valence-corrected chi connectivity index (χ1v) is 8.30. The second-order valence-corrected chi connectivity index (χ2v) is 6.98. The molecule has 5 nitrogen and oxygen atoms in total. The highest BCUT2D eigenvalue weighted by atomic mass is 16.3. The van der Waals surface area contributed by atoms with E-state index in [9.17, 15) is 5.11 Å². The monoisotopic (exact) mass is 302 g/mol. The van der Waals surface area contributed by atoms with E-state index >= 15 is 0 Å². The van der Waals surface area contributed by atoms with Crippen LogP contribution in [-0.2, 0) is 13.6 Å². The molecule has 0 radical (unpaired) electrons. The van der Waals surface area contributed by atoms with E-state index < -0.39 is 5.60 Å². The Morgan fingerprint density at radius 1 is 1.23 bits per heavy atom. The summed E-state index contributed by atoms with van der Waals surface area (Å²) in [7, 11) is 1.90. The van der Waals surface area contributed by atoms with Crippen LogP contribution in [0, 0.1) is 11.3 Å². The van der Waals surface area contributed by atoms with E-state index in [0.29, 0.717) is 5.69 Å². The molecule has 1 aromatic heterocycles. The minimum Gasteiger partial charge on any atom is -0.387 e. The average molecular weight is 302 g/mol. The third-order valence-electron chi connectivity index (χ3n) is 4.93. The summed E-state index contributed by atoms with van der Waals surface area (Å²) in [6.45, 7) is 5.65. The first-order chi connectivity index (χ1) is 10.6. The minimum atomic E-state index is -0.574. The Bertz CT molecular complexity index is 555. The summed E-state index contributed by atoms with van der Waals surface area (Å²) in [4.78, 5) is 4.73. The predicted molar refractivity (Wildman–Crippen MR) is 85.3 cm³/mol. The Labute approximate surface area is 132 Å². The first kappa shape index (κ1) is 15.5. The molecule has 0 amide bonds. The van der Waals surface area contributed by atoms with Gasteiger partial charge in [0.15, 0.2) is 0 Å². The molecular formula is C17H26N4O. The van der Waals surface area contributed by atoms with Crippen molar-refractivity contribution in [3.8, 4) is 6.07 Å². The molecule has 22 heavy (non-hydrogen) atoms. The standard InChI is InChI=1S/C17H26N4O/c1-19-11-15(9-16(19)10-18)12-21-8-4-5-17(22,14-21)13-20-6-2-3-7-20/h9,11,22H,2-8,12-14H2,1H3. The van der Waals surface area contributed by atoms with Gasteiger partial charge in [-0.15, -0.1) is 0 Å². The molecule has 5 heteroatoms. The van der Waals surface area contributed by atoms with Crippen LogP contribution in [0.3, 0.4) is 0 Å². The lowest BCUT2D eigenvalue weighted by Gasteiger charge is -2.41. The quantitative estimate of drug-likeness (QED) is 0.911. The third kappa shape index (κ3) is 3.52. The van der Waals surface area contributed by atoms with E-state index in [4.69, 9.17) is 5.26 Å². The van der Waals surface area contributed by atoms with Crippen LogP contribution in [0.2, 0.25) is 0 Å². The van der Waals surface area contributed by atoms with Gasteiger partial charge in [0.1, 0.15) is 11.8 Å². The SMILES string of the molecule is Cn1cc(CN2CCCC(O)(CN3CCCC3)C2)cc1C#N. The van der Waals surface area contributed by atoms with Crippen LogP contribution >= 0.6 is 0 Å². The number of rotatable bonds is 4. The second-order valence-electron chi connectivity index (χ2n) is 6.98. The number of aliphatic hydroxyl groups is 1. The number of piperidine rings is 1. The van der Waals surface area contributed by atoms with Gasteiger partial charge in [-0.2, -0.15) is 5.26 Å². The van der Waals surface area contributed by atoms with Crippen molar-refractivity contribution in [3.63, 3.8) is 0 Å². The number of aromatic nitrogens is 1. The highest BCUT2D eigenvalue weighted by molar-refractivity contribution is 5.28. The highest BCUT2D eigenvalue weighted by Gasteiger charge is 2.35. The number of nitriles is 1. The van der Waals surface area contributed by atoms with Crippen LogP contribution in [0.25, 0.3) is 0 Å². The number of likely N-dealkylation sites (tertiary alicyclic amines) is 2. The Morgan fingerprint density at radius 2 is 1.95 bits per heavy atom. The maximum atomic E-state index is 10.9. The topological polar surface area (TPSA) is 55.4 Å². The van der Waals surface area contributed by atoms with Crippen molar-refractivity contribution in [3.05, 3.63) is 23.5 Å². The zero-order valence-corrected chi connectivity index (χ0v) is 13.5. The lowest BCUT2D eigenvalue weighted by Crippen LogP contribution is -2.53. The number of β-amino-alcohol motifs (C(OH)–C–C–N with tert-alkyl or cyclic N) is 1. The average Bonchev–Trinajstić information content (AvgIpc) is 3.08. The van der Waals surface area contributed by atoms with Crippen molar-refractivity contribution in [2.75, 3.05) is 32.7 Å². The maximum Gasteiger partial charge on any atom is 0.120 e. The third-order valence-corrected chi connectivity index (χ3v) is 4.93. The lowest BCUT2D eigenvalue weighted by molar-refractivity contribution is -0.0519. The van der Waals surface area contributed by atoms with E-state index in [1.54, 1.807) is 0 Å². The molecule has 3 rings (SSSR count). The van der Waals surface area contributed by atoms with E-state index in [1.165, 1.54) is 12.8 Å². The van der Waals surface area contributed by atoms with Crippen molar-refractivity contribution in [2.45, 2.75) is 37.8 Å². The molecular weight excluding hydrogens is 276 g/mol. The van der Waals surface area contributed by atoms with Gasteiger partial charge >= 0.3 is 0 Å². The maximum absolute atomic E-state index is 10.9. The second kappa shape index (κ2) is 6.41.